The minimum atomic E-state index is 0.823. The van der Waals surface area contributed by atoms with Crippen LogP contribution in [-0.4, -0.2) is 9.72 Å². The number of para-hydroxylation sites is 1. The molecule has 0 spiro atoms. The molecule has 24 heavy (non-hydrogen) atoms. The van der Waals surface area contributed by atoms with Crippen molar-refractivity contribution >= 4 is 34.0 Å². The third-order valence-corrected chi connectivity index (χ3v) is 4.73. The summed E-state index contributed by atoms with van der Waals surface area (Å²) in [5.74, 6) is 0.823. The van der Waals surface area contributed by atoms with Crippen LogP contribution in [0.4, 0.5) is 0 Å². The monoisotopic (exact) mass is 316 g/mol. The van der Waals surface area contributed by atoms with E-state index in [0.717, 1.165) is 29.1 Å². The summed E-state index contributed by atoms with van der Waals surface area (Å²) in [6.45, 7) is 7.15. The largest absolute Gasteiger partial charge is 0.356 e. The zero-order valence-corrected chi connectivity index (χ0v) is 14.2. The molecule has 0 atom stereocenters. The quantitative estimate of drug-likeness (QED) is 0.493. The molecular weight excluding hydrogens is 296 g/mol. The third kappa shape index (κ3) is 2.24. The lowest BCUT2D eigenvalue weighted by Gasteiger charge is -2.02. The maximum absolute atomic E-state index is 5.36. The van der Waals surface area contributed by atoms with Crippen LogP contribution >= 0.6 is 0 Å². The number of benzene rings is 2. The van der Waals surface area contributed by atoms with Crippen molar-refractivity contribution in [3.63, 3.8) is 0 Å². The van der Waals surface area contributed by atoms with E-state index >= 15 is 0 Å². The third-order valence-electron chi connectivity index (χ3n) is 4.73. The highest BCUT2D eigenvalue weighted by molar-refractivity contribution is 6.08. The molecule has 0 aliphatic heterocycles. The van der Waals surface area contributed by atoms with Gasteiger partial charge in [-0.3, -0.25) is 0 Å². The first-order chi connectivity index (χ1) is 11.7. The molecule has 0 radical (unpaired) electrons. The van der Waals surface area contributed by atoms with Gasteiger partial charge in [0, 0.05) is 33.9 Å². The summed E-state index contributed by atoms with van der Waals surface area (Å²) in [6.07, 6.45) is 4.08. The first-order valence-corrected chi connectivity index (χ1v) is 8.31. The van der Waals surface area contributed by atoms with Gasteiger partial charge in [0.25, 0.3) is 0 Å². The predicted octanol–water partition coefficient (Wildman–Crippen LogP) is 5.59. The van der Waals surface area contributed by atoms with Gasteiger partial charge in [-0.25, -0.2) is 0 Å². The Bertz CT molecular complexity index is 1070. The zero-order valence-electron chi connectivity index (χ0n) is 14.2. The standard InChI is InChI=1S/C21H20N2O/c1-4-23-19-8-6-5-7-17(19)18-13-16(9-11-20(18)23)10-12-21-14(2)15(3)22-24-21/h5-13H,4H2,1-3H3. The lowest BCUT2D eigenvalue weighted by Crippen LogP contribution is -1.92. The fraction of sp³-hybridized carbons (Fsp3) is 0.190. The summed E-state index contributed by atoms with van der Waals surface area (Å²) in [6, 6.07) is 15.2. The van der Waals surface area contributed by atoms with Gasteiger partial charge in [0.15, 0.2) is 5.76 Å². The van der Waals surface area contributed by atoms with Crippen molar-refractivity contribution in [3.8, 4) is 0 Å². The van der Waals surface area contributed by atoms with Gasteiger partial charge in [-0.1, -0.05) is 35.5 Å². The first kappa shape index (κ1) is 14.8. The number of hydrogen-bond acceptors (Lipinski definition) is 2. The Morgan fingerprint density at radius 1 is 1.00 bits per heavy atom. The number of hydrogen-bond donors (Lipinski definition) is 0. The average Bonchev–Trinajstić information content (AvgIpc) is 3.10. The highest BCUT2D eigenvalue weighted by Crippen LogP contribution is 2.30. The molecule has 4 aromatic rings. The van der Waals surface area contributed by atoms with Crippen LogP contribution in [0.1, 0.15) is 29.5 Å². The molecule has 0 amide bonds. The number of nitrogens with zero attached hydrogens (tertiary/aromatic N) is 2. The fourth-order valence-electron chi connectivity index (χ4n) is 3.28. The molecule has 0 aliphatic rings. The summed E-state index contributed by atoms with van der Waals surface area (Å²) in [4.78, 5) is 0. The Labute approximate surface area is 141 Å². The Morgan fingerprint density at radius 2 is 1.79 bits per heavy atom. The van der Waals surface area contributed by atoms with Crippen LogP contribution in [0, 0.1) is 13.8 Å². The lowest BCUT2D eigenvalue weighted by atomic mass is 10.1. The predicted molar refractivity (Wildman–Crippen MR) is 100 cm³/mol. The normalized spacial score (nSPS) is 12.0. The summed E-state index contributed by atoms with van der Waals surface area (Å²) in [5, 5.41) is 6.60. The van der Waals surface area contributed by atoms with Gasteiger partial charge in [0.2, 0.25) is 0 Å². The van der Waals surface area contributed by atoms with E-state index in [1.807, 2.05) is 19.9 Å². The van der Waals surface area contributed by atoms with E-state index in [0.29, 0.717) is 0 Å². The number of fused-ring (bicyclic) bond motifs is 3. The van der Waals surface area contributed by atoms with Crippen LogP contribution in [-0.2, 0) is 6.54 Å². The van der Waals surface area contributed by atoms with Crippen molar-refractivity contribution in [3.05, 3.63) is 65.0 Å². The Balaban J connectivity index is 1.84. The van der Waals surface area contributed by atoms with Gasteiger partial charge in [0.05, 0.1) is 5.69 Å². The Morgan fingerprint density at radius 3 is 2.54 bits per heavy atom. The van der Waals surface area contributed by atoms with Crippen LogP contribution in [0.15, 0.2) is 47.0 Å². The van der Waals surface area contributed by atoms with Crippen molar-refractivity contribution in [2.24, 2.45) is 0 Å². The molecule has 0 saturated carbocycles. The molecule has 2 heterocycles. The maximum atomic E-state index is 5.36. The topological polar surface area (TPSA) is 31.0 Å². The molecule has 0 N–H and O–H groups in total. The molecule has 3 heteroatoms. The zero-order chi connectivity index (χ0) is 16.7. The second kappa shape index (κ2) is 5.68. The molecule has 2 aromatic heterocycles. The minimum absolute atomic E-state index is 0.823. The smallest absolute Gasteiger partial charge is 0.162 e. The van der Waals surface area contributed by atoms with Gasteiger partial charge in [-0.2, -0.15) is 0 Å². The van der Waals surface area contributed by atoms with E-state index in [4.69, 9.17) is 4.52 Å². The Kier molecular flexibility index (Phi) is 3.49. The van der Waals surface area contributed by atoms with E-state index in [1.165, 1.54) is 21.8 Å². The van der Waals surface area contributed by atoms with Crippen molar-refractivity contribution < 1.29 is 4.52 Å². The highest BCUT2D eigenvalue weighted by atomic mass is 16.5. The molecule has 4 rings (SSSR count). The highest BCUT2D eigenvalue weighted by Gasteiger charge is 2.09. The average molecular weight is 316 g/mol. The molecule has 120 valence electrons. The first-order valence-electron chi connectivity index (χ1n) is 8.31. The van der Waals surface area contributed by atoms with E-state index < -0.39 is 0 Å². The number of rotatable bonds is 3. The van der Waals surface area contributed by atoms with Gasteiger partial charge in [0.1, 0.15) is 0 Å². The summed E-state index contributed by atoms with van der Waals surface area (Å²) in [5.41, 5.74) is 5.77. The Hall–Kier alpha value is -2.81. The molecule has 0 aliphatic carbocycles. The van der Waals surface area contributed by atoms with E-state index in [-0.39, 0.29) is 0 Å². The van der Waals surface area contributed by atoms with Gasteiger partial charge >= 0.3 is 0 Å². The lowest BCUT2D eigenvalue weighted by molar-refractivity contribution is 0.408. The van der Waals surface area contributed by atoms with Crippen LogP contribution in [0.3, 0.4) is 0 Å². The molecule has 3 nitrogen and oxygen atoms in total. The van der Waals surface area contributed by atoms with Gasteiger partial charge in [-0.15, -0.1) is 0 Å². The van der Waals surface area contributed by atoms with Crippen molar-refractivity contribution in [1.82, 2.24) is 9.72 Å². The second-order valence-electron chi connectivity index (χ2n) is 6.13. The van der Waals surface area contributed by atoms with Crippen LogP contribution in [0.25, 0.3) is 34.0 Å². The van der Waals surface area contributed by atoms with Crippen molar-refractivity contribution in [2.75, 3.05) is 0 Å². The van der Waals surface area contributed by atoms with Crippen molar-refractivity contribution in [2.45, 2.75) is 27.3 Å². The molecule has 2 aromatic carbocycles. The van der Waals surface area contributed by atoms with Crippen LogP contribution < -0.4 is 0 Å². The van der Waals surface area contributed by atoms with Crippen LogP contribution in [0.2, 0.25) is 0 Å². The fourth-order valence-corrected chi connectivity index (χ4v) is 3.28. The molecule has 0 saturated heterocycles. The second-order valence-corrected chi connectivity index (χ2v) is 6.13. The van der Waals surface area contributed by atoms with Crippen LogP contribution in [0.5, 0.6) is 0 Å². The van der Waals surface area contributed by atoms with E-state index in [9.17, 15) is 0 Å². The molecular formula is C21H20N2O. The number of aryl methyl sites for hydroxylation is 2. The van der Waals surface area contributed by atoms with Gasteiger partial charge < -0.3 is 9.09 Å². The summed E-state index contributed by atoms with van der Waals surface area (Å²) in [7, 11) is 0. The maximum Gasteiger partial charge on any atom is 0.162 e. The SMILES string of the molecule is CCn1c2ccccc2c2cc(C=Cc3onc(C)c3C)ccc21. The van der Waals surface area contributed by atoms with Gasteiger partial charge in [-0.05, 0) is 50.6 Å². The molecule has 0 bridgehead atoms. The minimum Gasteiger partial charge on any atom is -0.356 e. The van der Waals surface area contributed by atoms with E-state index in [1.54, 1.807) is 0 Å². The summed E-state index contributed by atoms with van der Waals surface area (Å²) < 4.78 is 7.72. The van der Waals surface area contributed by atoms with E-state index in [2.05, 4.69) is 65.2 Å². The molecule has 0 fully saturated rings. The number of aromatic nitrogens is 2. The summed E-state index contributed by atoms with van der Waals surface area (Å²) >= 11 is 0. The van der Waals surface area contributed by atoms with Crippen molar-refractivity contribution in [1.29, 1.82) is 0 Å². The molecule has 0 unspecified atom stereocenters.